The maximum atomic E-state index is 12.3. The van der Waals surface area contributed by atoms with Crippen molar-refractivity contribution in [2.45, 2.75) is 31.4 Å². The lowest BCUT2D eigenvalue weighted by Gasteiger charge is -2.32. The Morgan fingerprint density at radius 1 is 1.25 bits per heavy atom. The number of nitrogens with one attached hydrogen (secondary N) is 2. The SMILES string of the molecule is N=C(CN)c1c(O[C@H]2C[C@H](O)C2)ccnc1Nc1ccc(OC(F)(F)F)cc1. The molecule has 1 aromatic heterocycles. The highest BCUT2D eigenvalue weighted by molar-refractivity contribution is 6.06. The largest absolute Gasteiger partial charge is 0.573 e. The summed E-state index contributed by atoms with van der Waals surface area (Å²) in [4.78, 5) is 4.20. The number of hydrogen-bond donors (Lipinski definition) is 4. The molecule has 0 atom stereocenters. The van der Waals surface area contributed by atoms with E-state index in [2.05, 4.69) is 15.0 Å². The van der Waals surface area contributed by atoms with E-state index < -0.39 is 6.36 Å². The molecule has 1 saturated carbocycles. The molecule has 0 saturated heterocycles. The second kappa shape index (κ2) is 8.03. The van der Waals surface area contributed by atoms with Gasteiger partial charge >= 0.3 is 6.36 Å². The van der Waals surface area contributed by atoms with Gasteiger partial charge < -0.3 is 31.0 Å². The summed E-state index contributed by atoms with van der Waals surface area (Å²) in [5.41, 5.74) is 6.51. The molecular formula is C18H19F3N4O3. The Hall–Kier alpha value is -2.85. The minimum absolute atomic E-state index is 0.0532. The van der Waals surface area contributed by atoms with Crippen molar-refractivity contribution >= 4 is 17.2 Å². The molecule has 0 radical (unpaired) electrons. The van der Waals surface area contributed by atoms with Gasteiger partial charge in [-0.3, -0.25) is 0 Å². The van der Waals surface area contributed by atoms with E-state index in [0.29, 0.717) is 29.8 Å². The van der Waals surface area contributed by atoms with E-state index in [1.807, 2.05) is 0 Å². The van der Waals surface area contributed by atoms with Crippen LogP contribution in [-0.4, -0.2) is 40.9 Å². The van der Waals surface area contributed by atoms with Crippen LogP contribution >= 0.6 is 0 Å². The number of rotatable bonds is 7. The van der Waals surface area contributed by atoms with E-state index in [1.54, 1.807) is 6.07 Å². The molecule has 0 amide bonds. The average Bonchev–Trinajstić information content (AvgIpc) is 2.60. The molecule has 10 heteroatoms. The normalized spacial score (nSPS) is 18.9. The Labute approximate surface area is 158 Å². The van der Waals surface area contributed by atoms with Gasteiger partial charge in [-0.2, -0.15) is 0 Å². The molecule has 1 aromatic carbocycles. The smallest absolute Gasteiger partial charge is 0.489 e. The first-order valence-corrected chi connectivity index (χ1v) is 8.49. The van der Waals surface area contributed by atoms with Gasteiger partial charge in [0.15, 0.2) is 0 Å². The van der Waals surface area contributed by atoms with E-state index in [4.69, 9.17) is 15.9 Å². The van der Waals surface area contributed by atoms with Gasteiger partial charge in [0, 0.05) is 31.3 Å². The molecule has 1 heterocycles. The highest BCUT2D eigenvalue weighted by Crippen LogP contribution is 2.32. The van der Waals surface area contributed by atoms with Crippen LogP contribution < -0.4 is 20.5 Å². The molecule has 0 unspecified atom stereocenters. The molecule has 5 N–H and O–H groups in total. The lowest BCUT2D eigenvalue weighted by molar-refractivity contribution is -0.274. The Kier molecular flexibility index (Phi) is 5.71. The molecule has 28 heavy (non-hydrogen) atoms. The van der Waals surface area contributed by atoms with Crippen molar-refractivity contribution in [1.82, 2.24) is 4.98 Å². The number of aliphatic hydroxyl groups excluding tert-OH is 1. The van der Waals surface area contributed by atoms with Crippen molar-refractivity contribution in [3.63, 3.8) is 0 Å². The molecule has 0 spiro atoms. The van der Waals surface area contributed by atoms with Crippen molar-refractivity contribution in [1.29, 1.82) is 5.41 Å². The molecule has 0 bridgehead atoms. The molecule has 3 rings (SSSR count). The summed E-state index contributed by atoms with van der Waals surface area (Å²) in [7, 11) is 0. The van der Waals surface area contributed by atoms with Gasteiger partial charge in [0.05, 0.1) is 17.4 Å². The first-order valence-electron chi connectivity index (χ1n) is 8.49. The van der Waals surface area contributed by atoms with Crippen molar-refractivity contribution in [2.75, 3.05) is 11.9 Å². The second-order valence-electron chi connectivity index (χ2n) is 6.28. The van der Waals surface area contributed by atoms with Gasteiger partial charge in [-0.05, 0) is 30.3 Å². The Balaban J connectivity index is 1.81. The van der Waals surface area contributed by atoms with E-state index in [9.17, 15) is 18.3 Å². The number of halogens is 3. The van der Waals surface area contributed by atoms with Gasteiger partial charge in [-0.15, -0.1) is 13.2 Å². The van der Waals surface area contributed by atoms with Crippen LogP contribution in [-0.2, 0) is 0 Å². The number of nitrogens with two attached hydrogens (primary N) is 1. The standard InChI is InChI=1S/C18H19F3N4O3/c19-18(20,21)28-12-3-1-10(2-4-12)25-17-16(14(23)9-22)15(5-6-24-17)27-13-7-11(26)8-13/h1-6,11,13,23,26H,7-9,22H2,(H,24,25)/t11-,13-. The fourth-order valence-electron chi connectivity index (χ4n) is 2.72. The number of benzene rings is 1. The van der Waals surface area contributed by atoms with E-state index in [-0.39, 0.29) is 36.0 Å². The van der Waals surface area contributed by atoms with Crippen molar-refractivity contribution in [3.05, 3.63) is 42.1 Å². The quantitative estimate of drug-likeness (QED) is 0.535. The Bertz CT molecular complexity index is 837. The monoisotopic (exact) mass is 396 g/mol. The van der Waals surface area contributed by atoms with Gasteiger partial charge in [-0.1, -0.05) is 0 Å². The molecule has 1 aliphatic rings. The summed E-state index contributed by atoms with van der Waals surface area (Å²) in [6, 6.07) is 6.73. The number of aromatic nitrogens is 1. The summed E-state index contributed by atoms with van der Waals surface area (Å²) in [5, 5.41) is 20.5. The zero-order valence-corrected chi connectivity index (χ0v) is 14.7. The van der Waals surface area contributed by atoms with Crippen LogP contribution in [0.2, 0.25) is 0 Å². The molecule has 1 fully saturated rings. The predicted octanol–water partition coefficient (Wildman–Crippen LogP) is 2.95. The van der Waals surface area contributed by atoms with Crippen LogP contribution in [0.3, 0.4) is 0 Å². The summed E-state index contributed by atoms with van der Waals surface area (Å²) in [5.74, 6) is 0.348. The lowest BCUT2D eigenvalue weighted by atomic mass is 9.92. The van der Waals surface area contributed by atoms with Crippen LogP contribution in [0.5, 0.6) is 11.5 Å². The summed E-state index contributed by atoms with van der Waals surface area (Å²) in [6.07, 6.45) is -2.82. The number of alkyl halides is 3. The van der Waals surface area contributed by atoms with Crippen LogP contribution in [0.25, 0.3) is 0 Å². The predicted molar refractivity (Wildman–Crippen MR) is 96.2 cm³/mol. The zero-order chi connectivity index (χ0) is 20.3. The topological polar surface area (TPSA) is 113 Å². The van der Waals surface area contributed by atoms with Crippen molar-refractivity contribution in [3.8, 4) is 11.5 Å². The summed E-state index contributed by atoms with van der Waals surface area (Å²) >= 11 is 0. The van der Waals surface area contributed by atoms with Crippen molar-refractivity contribution in [2.24, 2.45) is 5.73 Å². The number of nitrogens with zero attached hydrogens (tertiary/aromatic N) is 1. The number of aliphatic hydroxyl groups is 1. The maximum Gasteiger partial charge on any atom is 0.573 e. The van der Waals surface area contributed by atoms with Crippen LogP contribution in [0.4, 0.5) is 24.7 Å². The first kappa shape index (κ1) is 19.9. The maximum absolute atomic E-state index is 12.3. The molecule has 7 nitrogen and oxygen atoms in total. The van der Waals surface area contributed by atoms with Crippen molar-refractivity contribution < 1.29 is 27.8 Å². The lowest BCUT2D eigenvalue weighted by Crippen LogP contribution is -2.38. The first-order chi connectivity index (χ1) is 13.2. The van der Waals surface area contributed by atoms with E-state index in [1.165, 1.54) is 30.5 Å². The average molecular weight is 396 g/mol. The minimum Gasteiger partial charge on any atom is -0.489 e. The van der Waals surface area contributed by atoms with Crippen LogP contribution in [0.15, 0.2) is 36.5 Å². The third-order valence-corrected chi connectivity index (χ3v) is 4.13. The molecule has 1 aliphatic carbocycles. The van der Waals surface area contributed by atoms with Crippen LogP contribution in [0, 0.1) is 5.41 Å². The fraction of sp³-hybridized carbons (Fsp3) is 0.333. The summed E-state index contributed by atoms with van der Waals surface area (Å²) < 4.78 is 46.5. The highest BCUT2D eigenvalue weighted by Gasteiger charge is 2.31. The zero-order valence-electron chi connectivity index (χ0n) is 14.7. The van der Waals surface area contributed by atoms with Crippen LogP contribution in [0.1, 0.15) is 18.4 Å². The third-order valence-electron chi connectivity index (χ3n) is 4.13. The molecule has 2 aromatic rings. The van der Waals surface area contributed by atoms with Gasteiger partial charge in [-0.25, -0.2) is 4.98 Å². The minimum atomic E-state index is -4.76. The molecule has 0 aliphatic heterocycles. The third kappa shape index (κ3) is 4.90. The van der Waals surface area contributed by atoms with E-state index in [0.717, 1.165) is 0 Å². The number of ether oxygens (including phenoxy) is 2. The Morgan fingerprint density at radius 3 is 2.50 bits per heavy atom. The molecular weight excluding hydrogens is 377 g/mol. The van der Waals surface area contributed by atoms with E-state index >= 15 is 0 Å². The fourth-order valence-corrected chi connectivity index (χ4v) is 2.72. The van der Waals surface area contributed by atoms with Gasteiger partial charge in [0.2, 0.25) is 0 Å². The van der Waals surface area contributed by atoms with Gasteiger partial charge in [0.25, 0.3) is 0 Å². The number of anilines is 2. The number of hydrogen-bond acceptors (Lipinski definition) is 7. The summed E-state index contributed by atoms with van der Waals surface area (Å²) in [6.45, 7) is -0.0532. The Morgan fingerprint density at radius 2 is 1.93 bits per heavy atom. The highest BCUT2D eigenvalue weighted by atomic mass is 19.4. The molecule has 150 valence electrons. The van der Waals surface area contributed by atoms with Gasteiger partial charge in [0.1, 0.15) is 23.4 Å². The second-order valence-corrected chi connectivity index (χ2v) is 6.28. The number of pyridine rings is 1.